The summed E-state index contributed by atoms with van der Waals surface area (Å²) in [5.74, 6) is -0.426. The van der Waals surface area contributed by atoms with Crippen molar-refractivity contribution in [3.05, 3.63) is 30.3 Å². The number of nitrogens with zero attached hydrogens (tertiary/aromatic N) is 3. The van der Waals surface area contributed by atoms with Gasteiger partial charge >= 0.3 is 6.03 Å². The van der Waals surface area contributed by atoms with Crippen molar-refractivity contribution in [2.24, 2.45) is 4.99 Å². The van der Waals surface area contributed by atoms with E-state index in [2.05, 4.69) is 4.99 Å². The number of imide groups is 1. The average Bonchev–Trinajstić information content (AvgIpc) is 2.39. The predicted octanol–water partition coefficient (Wildman–Crippen LogP) is 1.85. The van der Waals surface area contributed by atoms with Crippen molar-refractivity contribution < 1.29 is 9.59 Å². The van der Waals surface area contributed by atoms with Gasteiger partial charge in [-0.2, -0.15) is 10.3 Å². The Morgan fingerprint density at radius 3 is 2.56 bits per heavy atom. The van der Waals surface area contributed by atoms with Gasteiger partial charge in [-0.15, -0.1) is 11.8 Å². The number of nitriles is 1. The van der Waals surface area contributed by atoms with Crippen LogP contribution in [0.4, 0.5) is 10.5 Å². The summed E-state index contributed by atoms with van der Waals surface area (Å²) in [5.41, 5.74) is 0.428. The van der Waals surface area contributed by atoms with E-state index in [1.807, 2.05) is 0 Å². The zero-order valence-corrected chi connectivity index (χ0v) is 10.3. The maximum absolute atomic E-state index is 12.2. The number of hydrogen-bond acceptors (Lipinski definition) is 4. The molecule has 5 nitrogen and oxygen atoms in total. The minimum atomic E-state index is -0.715. The van der Waals surface area contributed by atoms with E-state index in [4.69, 9.17) is 5.26 Å². The molecule has 6 heteroatoms. The highest BCUT2D eigenvalue weighted by Crippen LogP contribution is 2.24. The van der Waals surface area contributed by atoms with Crippen molar-refractivity contribution in [2.75, 3.05) is 11.2 Å². The summed E-state index contributed by atoms with van der Waals surface area (Å²) in [6, 6.07) is 9.64. The Balaban J connectivity index is 2.46. The smallest absolute Gasteiger partial charge is 0.272 e. The number of thioether (sulfide) groups is 1. The van der Waals surface area contributed by atoms with Crippen molar-refractivity contribution in [3.63, 3.8) is 0 Å². The summed E-state index contributed by atoms with van der Waals surface area (Å²) in [4.78, 5) is 28.6. The van der Waals surface area contributed by atoms with Crippen molar-refractivity contribution in [1.82, 2.24) is 0 Å². The maximum Gasteiger partial charge on any atom is 0.355 e. The fourth-order valence-corrected chi connectivity index (χ4v) is 2.29. The molecule has 0 fully saturated rings. The Labute approximate surface area is 108 Å². The molecule has 1 atom stereocenters. The van der Waals surface area contributed by atoms with Gasteiger partial charge in [0.1, 0.15) is 17.0 Å². The van der Waals surface area contributed by atoms with Crippen LogP contribution in [0.2, 0.25) is 0 Å². The monoisotopic (exact) mass is 259 g/mol. The lowest BCUT2D eigenvalue weighted by Gasteiger charge is -2.26. The molecule has 1 aliphatic rings. The molecule has 2 rings (SSSR count). The van der Waals surface area contributed by atoms with Gasteiger partial charge in [0.2, 0.25) is 0 Å². The first-order valence-corrected chi connectivity index (χ1v) is 6.42. The Kier molecular flexibility index (Phi) is 3.44. The van der Waals surface area contributed by atoms with Crippen LogP contribution >= 0.6 is 11.8 Å². The van der Waals surface area contributed by atoms with Gasteiger partial charge in [0.05, 0.1) is 5.69 Å². The van der Waals surface area contributed by atoms with Crippen LogP contribution in [0.15, 0.2) is 35.3 Å². The summed E-state index contributed by atoms with van der Waals surface area (Å²) < 4.78 is 0. The molecular formula is C12H9N3O2S. The first kappa shape index (κ1) is 12.3. The number of urea groups is 1. The van der Waals surface area contributed by atoms with Crippen LogP contribution in [0.3, 0.4) is 0 Å². The Bertz CT molecular complexity index is 562. The highest BCUT2D eigenvalue weighted by molar-refractivity contribution is 8.00. The molecule has 1 aromatic carbocycles. The molecule has 0 aliphatic carbocycles. The minimum absolute atomic E-state index is 0.0373. The van der Waals surface area contributed by atoms with Crippen molar-refractivity contribution >= 4 is 35.1 Å². The van der Waals surface area contributed by atoms with Crippen molar-refractivity contribution in [3.8, 4) is 6.07 Å². The Hall–Kier alpha value is -2.13. The molecule has 1 aliphatic heterocycles. The summed E-state index contributed by atoms with van der Waals surface area (Å²) in [6.07, 6.45) is 1.70. The molecule has 0 radical (unpaired) electrons. The lowest BCUT2D eigenvalue weighted by molar-refractivity contribution is -0.116. The SMILES string of the molecule is CSC1C(=O)N(c2ccccc2)C(=O)N=C1C#N. The molecule has 0 bridgehead atoms. The normalized spacial score (nSPS) is 19.4. The van der Waals surface area contributed by atoms with Crippen LogP contribution in [0.25, 0.3) is 0 Å². The zero-order chi connectivity index (χ0) is 13.1. The van der Waals surface area contributed by atoms with Crippen LogP contribution < -0.4 is 4.90 Å². The molecule has 0 spiro atoms. The third kappa shape index (κ3) is 2.00. The molecule has 0 N–H and O–H groups in total. The number of para-hydroxylation sites is 1. The van der Waals surface area contributed by atoms with Gasteiger partial charge in [0.25, 0.3) is 5.91 Å². The number of benzene rings is 1. The van der Waals surface area contributed by atoms with Crippen LogP contribution in [-0.4, -0.2) is 29.2 Å². The number of carbonyl (C=O) groups is 2. The standard InChI is InChI=1S/C12H9N3O2S/c1-18-10-9(7-13)14-12(17)15(11(10)16)8-5-3-2-4-6-8/h2-6,10H,1H3. The average molecular weight is 259 g/mol. The molecule has 18 heavy (non-hydrogen) atoms. The van der Waals surface area contributed by atoms with Gasteiger partial charge in [-0.25, -0.2) is 9.69 Å². The maximum atomic E-state index is 12.2. The third-order valence-corrected chi connectivity index (χ3v) is 3.36. The van der Waals surface area contributed by atoms with Gasteiger partial charge in [-0.1, -0.05) is 18.2 Å². The summed E-state index contributed by atoms with van der Waals surface area (Å²) in [6.45, 7) is 0. The fourth-order valence-electron chi connectivity index (χ4n) is 1.65. The lowest BCUT2D eigenvalue weighted by atomic mass is 10.2. The third-order valence-electron chi connectivity index (χ3n) is 2.47. The van der Waals surface area contributed by atoms with Crippen LogP contribution in [-0.2, 0) is 4.79 Å². The van der Waals surface area contributed by atoms with E-state index >= 15 is 0 Å². The topological polar surface area (TPSA) is 73.5 Å². The first-order valence-electron chi connectivity index (χ1n) is 5.13. The lowest BCUT2D eigenvalue weighted by Crippen LogP contribution is -2.48. The summed E-state index contributed by atoms with van der Waals surface area (Å²) >= 11 is 1.19. The zero-order valence-electron chi connectivity index (χ0n) is 9.53. The first-order chi connectivity index (χ1) is 8.69. The fraction of sp³-hybridized carbons (Fsp3) is 0.167. The minimum Gasteiger partial charge on any atom is -0.272 e. The predicted molar refractivity (Wildman–Crippen MR) is 69.7 cm³/mol. The van der Waals surface area contributed by atoms with Gasteiger partial charge in [0, 0.05) is 0 Å². The van der Waals surface area contributed by atoms with Gasteiger partial charge in [-0.3, -0.25) is 4.79 Å². The molecule has 0 aromatic heterocycles. The molecule has 1 aromatic rings. The van der Waals surface area contributed by atoms with E-state index in [-0.39, 0.29) is 5.71 Å². The second-order valence-electron chi connectivity index (χ2n) is 3.52. The van der Waals surface area contributed by atoms with Gasteiger partial charge in [-0.05, 0) is 18.4 Å². The van der Waals surface area contributed by atoms with E-state index in [0.29, 0.717) is 5.69 Å². The largest absolute Gasteiger partial charge is 0.355 e. The second kappa shape index (κ2) is 5.02. The molecule has 90 valence electrons. The number of rotatable bonds is 2. The Morgan fingerprint density at radius 1 is 1.33 bits per heavy atom. The van der Waals surface area contributed by atoms with E-state index in [1.54, 1.807) is 42.7 Å². The van der Waals surface area contributed by atoms with Crippen LogP contribution in [0.5, 0.6) is 0 Å². The highest BCUT2D eigenvalue weighted by Gasteiger charge is 2.37. The van der Waals surface area contributed by atoms with Crippen molar-refractivity contribution in [2.45, 2.75) is 5.25 Å². The molecule has 0 saturated heterocycles. The number of aliphatic imine (C=N–C) groups is 1. The number of hydrogen-bond donors (Lipinski definition) is 0. The number of carbonyl (C=O) groups excluding carboxylic acids is 2. The van der Waals surface area contributed by atoms with E-state index < -0.39 is 17.2 Å². The van der Waals surface area contributed by atoms with E-state index in [0.717, 1.165) is 4.90 Å². The van der Waals surface area contributed by atoms with E-state index in [1.165, 1.54) is 11.8 Å². The number of anilines is 1. The summed E-state index contributed by atoms with van der Waals surface area (Å²) in [5, 5.41) is 8.15. The number of amides is 3. The molecule has 0 saturated carbocycles. The van der Waals surface area contributed by atoms with Gasteiger partial charge in [0.15, 0.2) is 0 Å². The van der Waals surface area contributed by atoms with E-state index in [9.17, 15) is 9.59 Å². The second-order valence-corrected chi connectivity index (χ2v) is 4.46. The Morgan fingerprint density at radius 2 is 2.00 bits per heavy atom. The highest BCUT2D eigenvalue weighted by atomic mass is 32.2. The van der Waals surface area contributed by atoms with Gasteiger partial charge < -0.3 is 0 Å². The molecular weight excluding hydrogens is 250 g/mol. The van der Waals surface area contributed by atoms with Crippen LogP contribution in [0.1, 0.15) is 0 Å². The molecule has 3 amide bonds. The quantitative estimate of drug-likeness (QED) is 0.812. The molecule has 1 unspecified atom stereocenters. The summed E-state index contributed by atoms with van der Waals surface area (Å²) in [7, 11) is 0. The molecule has 1 heterocycles. The van der Waals surface area contributed by atoms with Crippen molar-refractivity contribution in [1.29, 1.82) is 5.26 Å². The van der Waals surface area contributed by atoms with Crippen LogP contribution in [0, 0.1) is 11.3 Å².